The molecule has 1 spiro atoms. The summed E-state index contributed by atoms with van der Waals surface area (Å²) in [7, 11) is 1.52. The van der Waals surface area contributed by atoms with Gasteiger partial charge in [0, 0.05) is 23.3 Å². The van der Waals surface area contributed by atoms with Crippen LogP contribution < -0.4 is 25.0 Å². The molecule has 0 unspecified atom stereocenters. The summed E-state index contributed by atoms with van der Waals surface area (Å²) < 4.78 is 12.1. The van der Waals surface area contributed by atoms with Crippen molar-refractivity contribution < 1.29 is 29.0 Å². The summed E-state index contributed by atoms with van der Waals surface area (Å²) in [5, 5.41) is 20.6. The van der Waals surface area contributed by atoms with Gasteiger partial charge in [-0.15, -0.1) is 0 Å². The van der Waals surface area contributed by atoms with Crippen molar-refractivity contribution in [2.24, 2.45) is 5.41 Å². The van der Waals surface area contributed by atoms with E-state index in [0.717, 1.165) is 43.2 Å². The van der Waals surface area contributed by atoms with Crippen LogP contribution in [0.5, 0.6) is 11.5 Å². The number of hydrogen-bond donors (Lipinski definition) is 3. The highest BCUT2D eigenvalue weighted by Crippen LogP contribution is 2.59. The summed E-state index contributed by atoms with van der Waals surface area (Å²) in [6.45, 7) is 2.03. The molecule has 50 heavy (non-hydrogen) atoms. The third-order valence-electron chi connectivity index (χ3n) is 10.4. The Balaban J connectivity index is 1.50. The SMILES string of the molecule is COc1ccc([C@@]2(O)C(=O)N(c3ccccc3)[C@H](C(=O)NC3CCCCC3)[C@@]23C(=O)c2cc(C)ccc2O[C@@H]3NCc2ccc(Cl)cc2)cc1. The van der Waals surface area contributed by atoms with Gasteiger partial charge in [0.05, 0.1) is 12.7 Å². The summed E-state index contributed by atoms with van der Waals surface area (Å²) in [5.41, 5.74) is -2.53. The second-order valence-corrected chi connectivity index (χ2v) is 13.8. The fraction of sp³-hybridized carbons (Fsp3) is 0.325. The van der Waals surface area contributed by atoms with Crippen molar-refractivity contribution in [3.63, 3.8) is 0 Å². The lowest BCUT2D eigenvalue weighted by Gasteiger charge is -2.49. The van der Waals surface area contributed by atoms with E-state index in [2.05, 4.69) is 10.6 Å². The number of nitrogens with zero attached hydrogens (tertiary/aromatic N) is 1. The molecule has 1 saturated heterocycles. The number of amides is 2. The summed E-state index contributed by atoms with van der Waals surface area (Å²) in [4.78, 5) is 47.2. The molecular formula is C40H40ClN3O6. The number of ketones is 1. The van der Waals surface area contributed by atoms with E-state index < -0.39 is 40.9 Å². The number of fused-ring (bicyclic) bond motifs is 1. The number of para-hydroxylation sites is 1. The minimum atomic E-state index is -2.58. The van der Waals surface area contributed by atoms with Gasteiger partial charge in [-0.05, 0) is 79.4 Å². The number of Topliss-reactive ketones (excluding diaryl/α,β-unsaturated/α-hetero) is 1. The molecule has 2 aliphatic heterocycles. The molecule has 0 aromatic heterocycles. The third kappa shape index (κ3) is 5.54. The molecule has 3 aliphatic rings. The van der Waals surface area contributed by atoms with Gasteiger partial charge in [-0.1, -0.05) is 85.0 Å². The molecule has 4 aromatic carbocycles. The van der Waals surface area contributed by atoms with E-state index in [1.54, 1.807) is 78.9 Å². The Kier molecular flexibility index (Phi) is 9.15. The average Bonchev–Trinajstić information content (AvgIpc) is 3.35. The zero-order valence-corrected chi connectivity index (χ0v) is 28.8. The molecule has 1 saturated carbocycles. The first-order valence-corrected chi connectivity index (χ1v) is 17.4. The molecule has 4 atom stereocenters. The monoisotopic (exact) mass is 693 g/mol. The molecule has 1 aliphatic carbocycles. The molecular weight excluding hydrogens is 654 g/mol. The zero-order valence-electron chi connectivity index (χ0n) is 28.0. The highest BCUT2D eigenvalue weighted by atomic mass is 35.5. The molecule has 9 nitrogen and oxygen atoms in total. The number of halogens is 1. The maximum Gasteiger partial charge on any atom is 0.265 e. The predicted octanol–water partition coefficient (Wildman–Crippen LogP) is 6.09. The summed E-state index contributed by atoms with van der Waals surface area (Å²) >= 11 is 6.18. The molecule has 7 rings (SSSR count). The van der Waals surface area contributed by atoms with E-state index >= 15 is 14.4 Å². The highest BCUT2D eigenvalue weighted by molar-refractivity contribution is 6.30. The summed E-state index contributed by atoms with van der Waals surface area (Å²) in [6, 6.07) is 25.8. The van der Waals surface area contributed by atoms with Crippen LogP contribution in [0.3, 0.4) is 0 Å². The van der Waals surface area contributed by atoms with Crippen molar-refractivity contribution in [1.29, 1.82) is 0 Å². The lowest BCUT2D eigenvalue weighted by atomic mass is 9.60. The molecule has 2 amide bonds. The van der Waals surface area contributed by atoms with E-state index in [1.807, 2.05) is 25.1 Å². The topological polar surface area (TPSA) is 117 Å². The Hall–Kier alpha value is -4.70. The fourth-order valence-electron chi connectivity index (χ4n) is 7.89. The second kappa shape index (κ2) is 13.5. The number of rotatable bonds is 8. The second-order valence-electron chi connectivity index (χ2n) is 13.4. The van der Waals surface area contributed by atoms with Gasteiger partial charge in [0.25, 0.3) is 5.91 Å². The minimum Gasteiger partial charge on any atom is -0.497 e. The van der Waals surface area contributed by atoms with Gasteiger partial charge in [0.2, 0.25) is 5.91 Å². The van der Waals surface area contributed by atoms with E-state index in [0.29, 0.717) is 16.5 Å². The summed E-state index contributed by atoms with van der Waals surface area (Å²) in [5.74, 6) is -1.15. The van der Waals surface area contributed by atoms with Crippen LogP contribution in [0.4, 0.5) is 5.69 Å². The van der Waals surface area contributed by atoms with Crippen molar-refractivity contribution >= 4 is 34.9 Å². The molecule has 0 bridgehead atoms. The molecule has 10 heteroatoms. The largest absolute Gasteiger partial charge is 0.497 e. The van der Waals surface area contributed by atoms with Crippen molar-refractivity contribution in [1.82, 2.24) is 10.6 Å². The Morgan fingerprint density at radius 2 is 1.66 bits per heavy atom. The van der Waals surface area contributed by atoms with Gasteiger partial charge in [0.1, 0.15) is 17.5 Å². The minimum absolute atomic E-state index is 0.128. The quantitative estimate of drug-likeness (QED) is 0.205. The number of anilines is 1. The number of ether oxygens (including phenoxy) is 2. The van der Waals surface area contributed by atoms with E-state index in [4.69, 9.17) is 21.1 Å². The number of benzene rings is 4. The number of carbonyl (C=O) groups excluding carboxylic acids is 3. The van der Waals surface area contributed by atoms with E-state index in [9.17, 15) is 5.11 Å². The predicted molar refractivity (Wildman–Crippen MR) is 190 cm³/mol. The standard InChI is InChI=1S/C40H40ClN3O6/c1-25-13-22-33-32(23-25)35(45)39(37(50-33)42-24-26-14-18-28(41)19-15-26)34(36(46)43-29-9-5-3-6-10-29)44(30-11-7-4-8-12-30)38(47)40(39,48)27-16-20-31(49-2)21-17-27/h4,7-8,11-23,29,34,37,42,48H,3,5-6,9-10,24H2,1-2H3,(H,43,46)/t34-,37+,39+,40-/m1/s1. The normalized spacial score (nSPS) is 24.9. The first-order chi connectivity index (χ1) is 24.2. The van der Waals surface area contributed by atoms with Crippen molar-refractivity contribution in [3.8, 4) is 11.5 Å². The van der Waals surface area contributed by atoms with Gasteiger partial charge in [-0.2, -0.15) is 0 Å². The van der Waals surface area contributed by atoms with Gasteiger partial charge in [0.15, 0.2) is 23.0 Å². The molecule has 2 heterocycles. The Bertz CT molecular complexity index is 1900. The maximum atomic E-state index is 15.6. The number of carbonyl (C=O) groups is 3. The van der Waals surface area contributed by atoms with Crippen LogP contribution in [0.15, 0.2) is 97.1 Å². The van der Waals surface area contributed by atoms with Crippen molar-refractivity contribution in [3.05, 3.63) is 124 Å². The number of hydrogen-bond acceptors (Lipinski definition) is 7. The van der Waals surface area contributed by atoms with Gasteiger partial charge in [-0.25, -0.2) is 0 Å². The lowest BCUT2D eigenvalue weighted by molar-refractivity contribution is -0.156. The van der Waals surface area contributed by atoms with Crippen LogP contribution in [0.2, 0.25) is 5.02 Å². The van der Waals surface area contributed by atoms with Crippen molar-refractivity contribution in [2.45, 2.75) is 69.5 Å². The Morgan fingerprint density at radius 1 is 0.960 bits per heavy atom. The smallest absolute Gasteiger partial charge is 0.265 e. The van der Waals surface area contributed by atoms with E-state index in [-0.39, 0.29) is 29.5 Å². The summed E-state index contributed by atoms with van der Waals surface area (Å²) in [6.07, 6.45) is 3.18. The van der Waals surface area contributed by atoms with E-state index in [1.165, 1.54) is 12.0 Å². The van der Waals surface area contributed by atoms with Gasteiger partial charge < -0.3 is 19.9 Å². The molecule has 3 N–H and O–H groups in total. The molecule has 258 valence electrons. The number of methoxy groups -OCH3 is 1. The zero-order chi connectivity index (χ0) is 35.0. The molecule has 4 aromatic rings. The number of nitrogens with one attached hydrogen (secondary N) is 2. The first-order valence-electron chi connectivity index (χ1n) is 17.0. The molecule has 0 radical (unpaired) electrons. The Labute approximate surface area is 296 Å². The van der Waals surface area contributed by atoms with Crippen LogP contribution in [0.25, 0.3) is 0 Å². The number of aryl methyl sites for hydroxylation is 1. The first kappa shape index (κ1) is 33.8. The third-order valence-corrected chi connectivity index (χ3v) is 10.6. The number of aliphatic hydroxyl groups is 1. The maximum absolute atomic E-state index is 15.6. The highest BCUT2D eigenvalue weighted by Gasteiger charge is 2.79. The van der Waals surface area contributed by atoms with Crippen LogP contribution >= 0.6 is 11.6 Å². The van der Waals surface area contributed by atoms with Crippen LogP contribution in [-0.4, -0.2) is 48.1 Å². The van der Waals surface area contributed by atoms with Gasteiger partial charge >= 0.3 is 0 Å². The van der Waals surface area contributed by atoms with Gasteiger partial charge in [-0.3, -0.25) is 24.6 Å². The molecule has 2 fully saturated rings. The average molecular weight is 694 g/mol. The van der Waals surface area contributed by atoms with Crippen molar-refractivity contribution in [2.75, 3.05) is 12.0 Å². The van der Waals surface area contributed by atoms with Crippen LogP contribution in [0, 0.1) is 12.3 Å². The van der Waals surface area contributed by atoms with Crippen LogP contribution in [-0.2, 0) is 21.7 Å². The lowest BCUT2D eigenvalue weighted by Crippen LogP contribution is -2.71. The van der Waals surface area contributed by atoms with Crippen LogP contribution in [0.1, 0.15) is 59.2 Å². The fourth-order valence-corrected chi connectivity index (χ4v) is 8.02. The Morgan fingerprint density at radius 3 is 2.34 bits per heavy atom.